The van der Waals surface area contributed by atoms with E-state index in [0.717, 1.165) is 36.3 Å². The summed E-state index contributed by atoms with van der Waals surface area (Å²) in [6.07, 6.45) is 3.47. The van der Waals surface area contributed by atoms with Crippen molar-refractivity contribution in [2.45, 2.75) is 19.4 Å². The number of anilines is 2. The molecule has 148 valence electrons. The molecule has 2 heterocycles. The standard InChI is InChI=1S/C23H24N4O2/c28-22-14-21(15-24-27(22)16-18-8-3-1-4-9-18)26-13-7-10-19(17-26)23(29)25-20-11-5-2-6-12-20/h1-6,8-9,11-12,14-15,19H,7,10,13,16-17H2,(H,25,29)/t19-/m0/s1. The molecule has 6 heteroatoms. The lowest BCUT2D eigenvalue weighted by molar-refractivity contribution is -0.120. The summed E-state index contributed by atoms with van der Waals surface area (Å²) in [6, 6.07) is 20.9. The summed E-state index contributed by atoms with van der Waals surface area (Å²) in [4.78, 5) is 27.3. The van der Waals surface area contributed by atoms with Crippen LogP contribution in [0.5, 0.6) is 0 Å². The summed E-state index contributed by atoms with van der Waals surface area (Å²) in [5, 5.41) is 7.33. The molecule has 0 aliphatic carbocycles. The van der Waals surface area contributed by atoms with Gasteiger partial charge in [0, 0.05) is 24.8 Å². The smallest absolute Gasteiger partial charge is 0.269 e. The molecule has 4 rings (SSSR count). The first kappa shape index (κ1) is 18.9. The molecule has 1 fully saturated rings. The van der Waals surface area contributed by atoms with Crippen molar-refractivity contribution in [3.63, 3.8) is 0 Å². The Kier molecular flexibility index (Phi) is 5.70. The molecule has 1 atom stereocenters. The zero-order valence-corrected chi connectivity index (χ0v) is 16.2. The monoisotopic (exact) mass is 388 g/mol. The highest BCUT2D eigenvalue weighted by Gasteiger charge is 2.26. The largest absolute Gasteiger partial charge is 0.369 e. The number of carbonyl (C=O) groups excluding carboxylic acids is 1. The maximum atomic E-state index is 12.6. The number of hydrogen-bond donors (Lipinski definition) is 1. The molecule has 0 saturated carbocycles. The number of nitrogens with zero attached hydrogens (tertiary/aromatic N) is 3. The topological polar surface area (TPSA) is 67.2 Å². The fraction of sp³-hybridized carbons (Fsp3) is 0.261. The van der Waals surface area contributed by atoms with Crippen molar-refractivity contribution >= 4 is 17.3 Å². The molecule has 0 bridgehead atoms. The molecular weight excluding hydrogens is 364 g/mol. The van der Waals surface area contributed by atoms with Crippen LogP contribution in [0.15, 0.2) is 77.7 Å². The van der Waals surface area contributed by atoms with Gasteiger partial charge in [-0.2, -0.15) is 5.10 Å². The third-order valence-electron chi connectivity index (χ3n) is 5.23. The molecule has 1 aliphatic rings. The Bertz CT molecular complexity index is 1020. The van der Waals surface area contributed by atoms with Gasteiger partial charge in [0.25, 0.3) is 5.56 Å². The third kappa shape index (κ3) is 4.71. The molecule has 2 aromatic carbocycles. The van der Waals surface area contributed by atoms with E-state index < -0.39 is 0 Å². The minimum Gasteiger partial charge on any atom is -0.369 e. The van der Waals surface area contributed by atoms with Crippen LogP contribution in [0.2, 0.25) is 0 Å². The normalized spacial score (nSPS) is 16.4. The molecule has 0 unspecified atom stereocenters. The van der Waals surface area contributed by atoms with Gasteiger partial charge < -0.3 is 10.2 Å². The van der Waals surface area contributed by atoms with Crippen molar-refractivity contribution in [2.24, 2.45) is 5.92 Å². The number of para-hydroxylation sites is 1. The predicted molar refractivity (Wildman–Crippen MR) is 114 cm³/mol. The Morgan fingerprint density at radius 2 is 1.79 bits per heavy atom. The summed E-state index contributed by atoms with van der Waals surface area (Å²) in [6.45, 7) is 1.85. The molecule has 1 saturated heterocycles. The van der Waals surface area contributed by atoms with Gasteiger partial charge in [-0.25, -0.2) is 4.68 Å². The number of hydrogen-bond acceptors (Lipinski definition) is 4. The minimum absolute atomic E-state index is 0.0197. The van der Waals surface area contributed by atoms with Crippen LogP contribution < -0.4 is 15.8 Å². The first-order valence-corrected chi connectivity index (χ1v) is 9.91. The number of amides is 1. The highest BCUT2D eigenvalue weighted by Crippen LogP contribution is 2.23. The van der Waals surface area contributed by atoms with Crippen LogP contribution in [0.1, 0.15) is 18.4 Å². The van der Waals surface area contributed by atoms with E-state index in [1.807, 2.05) is 60.7 Å². The highest BCUT2D eigenvalue weighted by molar-refractivity contribution is 5.93. The molecule has 1 N–H and O–H groups in total. The second-order valence-corrected chi connectivity index (χ2v) is 7.34. The number of nitrogens with one attached hydrogen (secondary N) is 1. The van der Waals surface area contributed by atoms with Gasteiger partial charge in [0.2, 0.25) is 5.91 Å². The summed E-state index contributed by atoms with van der Waals surface area (Å²) < 4.78 is 1.46. The van der Waals surface area contributed by atoms with Gasteiger partial charge in [-0.15, -0.1) is 0 Å². The molecule has 3 aromatic rings. The van der Waals surface area contributed by atoms with Crippen LogP contribution in [-0.4, -0.2) is 28.8 Å². The Morgan fingerprint density at radius 3 is 2.52 bits per heavy atom. The Hall–Kier alpha value is -3.41. The SMILES string of the molecule is O=C(Nc1ccccc1)[C@H]1CCCN(c2cnn(Cc3ccccc3)c(=O)c2)C1. The molecule has 29 heavy (non-hydrogen) atoms. The molecule has 1 aromatic heterocycles. The number of rotatable bonds is 5. The first-order valence-electron chi connectivity index (χ1n) is 9.91. The first-order chi connectivity index (χ1) is 14.2. The van der Waals surface area contributed by atoms with Crippen LogP contribution in [0.3, 0.4) is 0 Å². The van der Waals surface area contributed by atoms with Gasteiger partial charge >= 0.3 is 0 Å². The Labute approximate surface area is 169 Å². The van der Waals surface area contributed by atoms with Crippen LogP contribution >= 0.6 is 0 Å². The lowest BCUT2D eigenvalue weighted by atomic mass is 9.96. The quantitative estimate of drug-likeness (QED) is 0.729. The van der Waals surface area contributed by atoms with Crippen molar-refractivity contribution in [1.29, 1.82) is 0 Å². The van der Waals surface area contributed by atoms with E-state index >= 15 is 0 Å². The van der Waals surface area contributed by atoms with Gasteiger partial charge in [-0.1, -0.05) is 48.5 Å². The van der Waals surface area contributed by atoms with Crippen LogP contribution in [-0.2, 0) is 11.3 Å². The van der Waals surface area contributed by atoms with Crippen molar-refractivity contribution in [3.8, 4) is 0 Å². The maximum Gasteiger partial charge on any atom is 0.269 e. The molecule has 1 aliphatic heterocycles. The van der Waals surface area contributed by atoms with Crippen molar-refractivity contribution in [2.75, 3.05) is 23.3 Å². The summed E-state index contributed by atoms with van der Waals surface area (Å²) in [5.41, 5.74) is 2.48. The Balaban J connectivity index is 1.43. The number of benzene rings is 2. The summed E-state index contributed by atoms with van der Waals surface area (Å²) in [7, 11) is 0. The fourth-order valence-electron chi connectivity index (χ4n) is 3.66. The lowest BCUT2D eigenvalue weighted by Gasteiger charge is -2.33. The van der Waals surface area contributed by atoms with E-state index in [-0.39, 0.29) is 17.4 Å². The van der Waals surface area contributed by atoms with Crippen molar-refractivity contribution in [1.82, 2.24) is 9.78 Å². The van der Waals surface area contributed by atoms with E-state index in [4.69, 9.17) is 0 Å². The van der Waals surface area contributed by atoms with E-state index in [9.17, 15) is 9.59 Å². The third-order valence-corrected chi connectivity index (χ3v) is 5.23. The zero-order chi connectivity index (χ0) is 20.1. The maximum absolute atomic E-state index is 12.6. The molecular formula is C23H24N4O2. The van der Waals surface area contributed by atoms with Gasteiger partial charge in [0.05, 0.1) is 24.3 Å². The number of carbonyl (C=O) groups is 1. The van der Waals surface area contributed by atoms with Crippen molar-refractivity contribution in [3.05, 3.63) is 88.8 Å². The van der Waals surface area contributed by atoms with Gasteiger partial charge in [0.1, 0.15) is 0 Å². The van der Waals surface area contributed by atoms with Crippen LogP contribution in [0, 0.1) is 5.92 Å². The average Bonchev–Trinajstić information content (AvgIpc) is 2.77. The van der Waals surface area contributed by atoms with E-state index in [0.29, 0.717) is 13.1 Å². The molecule has 1 amide bonds. The second kappa shape index (κ2) is 8.73. The number of aromatic nitrogens is 2. The van der Waals surface area contributed by atoms with Crippen LogP contribution in [0.25, 0.3) is 0 Å². The van der Waals surface area contributed by atoms with Crippen LogP contribution in [0.4, 0.5) is 11.4 Å². The zero-order valence-electron chi connectivity index (χ0n) is 16.2. The molecule has 6 nitrogen and oxygen atoms in total. The fourth-order valence-corrected chi connectivity index (χ4v) is 3.66. The average molecular weight is 388 g/mol. The van der Waals surface area contributed by atoms with Crippen molar-refractivity contribution < 1.29 is 4.79 Å². The molecule has 0 spiro atoms. The second-order valence-electron chi connectivity index (χ2n) is 7.34. The Morgan fingerprint density at radius 1 is 1.07 bits per heavy atom. The summed E-state index contributed by atoms with van der Waals surface area (Å²) >= 11 is 0. The van der Waals surface area contributed by atoms with Gasteiger partial charge in [-0.3, -0.25) is 9.59 Å². The highest BCUT2D eigenvalue weighted by atomic mass is 16.2. The number of piperidine rings is 1. The van der Waals surface area contributed by atoms with E-state index in [2.05, 4.69) is 15.3 Å². The predicted octanol–water partition coefficient (Wildman–Crippen LogP) is 3.15. The van der Waals surface area contributed by atoms with Gasteiger partial charge in [0.15, 0.2) is 0 Å². The van der Waals surface area contributed by atoms with E-state index in [1.165, 1.54) is 4.68 Å². The minimum atomic E-state index is -0.137. The van der Waals surface area contributed by atoms with Gasteiger partial charge in [-0.05, 0) is 30.5 Å². The lowest BCUT2D eigenvalue weighted by Crippen LogP contribution is -2.41. The molecule has 0 radical (unpaired) electrons. The van der Waals surface area contributed by atoms with E-state index in [1.54, 1.807) is 12.3 Å². The summed E-state index contributed by atoms with van der Waals surface area (Å²) in [5.74, 6) is -0.0954.